The van der Waals surface area contributed by atoms with Crippen LogP contribution in [0.5, 0.6) is 5.75 Å². The molecule has 0 radical (unpaired) electrons. The molecule has 0 spiro atoms. The predicted molar refractivity (Wildman–Crippen MR) is 89.2 cm³/mol. The standard InChI is InChI=1S/C17H24N2OS/c1-12(2)19-17(4,16-18-13(3)11-21-16)10-14-6-8-15(20-5)9-7-14/h6-9,11-12,19H,10H2,1-5H3. The quantitative estimate of drug-likeness (QED) is 0.878. The summed E-state index contributed by atoms with van der Waals surface area (Å²) in [6.45, 7) is 8.62. The zero-order chi connectivity index (χ0) is 15.5. The van der Waals surface area contributed by atoms with Crippen molar-refractivity contribution >= 4 is 11.3 Å². The molecule has 1 aromatic carbocycles. The smallest absolute Gasteiger partial charge is 0.118 e. The van der Waals surface area contributed by atoms with E-state index in [0.29, 0.717) is 6.04 Å². The molecule has 1 unspecified atom stereocenters. The zero-order valence-corrected chi connectivity index (χ0v) is 14.3. The Morgan fingerprint density at radius 3 is 2.43 bits per heavy atom. The van der Waals surface area contributed by atoms with Crippen molar-refractivity contribution in [2.45, 2.75) is 45.7 Å². The van der Waals surface area contributed by atoms with Crippen LogP contribution in [-0.2, 0) is 12.0 Å². The summed E-state index contributed by atoms with van der Waals surface area (Å²) in [5, 5.41) is 6.94. The number of aromatic nitrogens is 1. The van der Waals surface area contributed by atoms with Gasteiger partial charge >= 0.3 is 0 Å². The maximum Gasteiger partial charge on any atom is 0.118 e. The van der Waals surface area contributed by atoms with Crippen LogP contribution in [0.4, 0.5) is 0 Å². The zero-order valence-electron chi connectivity index (χ0n) is 13.4. The number of hydrogen-bond acceptors (Lipinski definition) is 4. The predicted octanol–water partition coefficient (Wildman–Crippen LogP) is 3.92. The fraction of sp³-hybridized carbons (Fsp3) is 0.471. The van der Waals surface area contributed by atoms with Crippen LogP contribution in [-0.4, -0.2) is 18.1 Å². The Morgan fingerprint density at radius 1 is 1.29 bits per heavy atom. The average molecular weight is 304 g/mol. The van der Waals surface area contributed by atoms with Crippen LogP contribution in [0, 0.1) is 6.92 Å². The van der Waals surface area contributed by atoms with Crippen LogP contribution < -0.4 is 10.1 Å². The van der Waals surface area contributed by atoms with Crippen LogP contribution in [0.25, 0.3) is 0 Å². The number of rotatable bonds is 6. The second-order valence-electron chi connectivity index (χ2n) is 5.95. The number of nitrogens with one attached hydrogen (secondary N) is 1. The molecule has 2 rings (SSSR count). The highest BCUT2D eigenvalue weighted by Crippen LogP contribution is 2.29. The van der Waals surface area contributed by atoms with Gasteiger partial charge in [0.05, 0.1) is 12.6 Å². The first-order valence-corrected chi connectivity index (χ1v) is 8.14. The third kappa shape index (κ3) is 4.05. The molecule has 3 nitrogen and oxygen atoms in total. The summed E-state index contributed by atoms with van der Waals surface area (Å²) < 4.78 is 5.23. The number of benzene rings is 1. The third-order valence-electron chi connectivity index (χ3n) is 3.42. The molecule has 0 bridgehead atoms. The second-order valence-corrected chi connectivity index (χ2v) is 6.81. The Balaban J connectivity index is 2.26. The molecular formula is C17H24N2OS. The van der Waals surface area contributed by atoms with Gasteiger partial charge in [0, 0.05) is 17.1 Å². The molecule has 0 aliphatic rings. The highest BCUT2D eigenvalue weighted by Gasteiger charge is 2.30. The van der Waals surface area contributed by atoms with E-state index in [1.807, 2.05) is 19.1 Å². The van der Waals surface area contributed by atoms with E-state index in [1.165, 1.54) is 5.56 Å². The van der Waals surface area contributed by atoms with Crippen molar-refractivity contribution in [3.63, 3.8) is 0 Å². The molecule has 21 heavy (non-hydrogen) atoms. The van der Waals surface area contributed by atoms with Gasteiger partial charge < -0.3 is 10.1 Å². The van der Waals surface area contributed by atoms with E-state index in [1.54, 1.807) is 18.4 Å². The molecule has 1 N–H and O–H groups in total. The van der Waals surface area contributed by atoms with Gasteiger partial charge in [-0.15, -0.1) is 11.3 Å². The first kappa shape index (κ1) is 16.0. The van der Waals surface area contributed by atoms with Crippen LogP contribution >= 0.6 is 11.3 Å². The van der Waals surface area contributed by atoms with Crippen molar-refractivity contribution in [3.05, 3.63) is 45.9 Å². The minimum Gasteiger partial charge on any atom is -0.497 e. The third-order valence-corrected chi connectivity index (χ3v) is 4.64. The Bertz CT molecular complexity index is 577. The van der Waals surface area contributed by atoms with E-state index in [0.717, 1.165) is 22.9 Å². The van der Waals surface area contributed by atoms with Crippen molar-refractivity contribution in [2.75, 3.05) is 7.11 Å². The number of thiazole rings is 1. The van der Waals surface area contributed by atoms with E-state index in [9.17, 15) is 0 Å². The van der Waals surface area contributed by atoms with Crippen molar-refractivity contribution in [1.29, 1.82) is 0 Å². The maximum absolute atomic E-state index is 5.23. The molecule has 0 fully saturated rings. The van der Waals surface area contributed by atoms with Crippen molar-refractivity contribution in [1.82, 2.24) is 10.3 Å². The summed E-state index contributed by atoms with van der Waals surface area (Å²) in [4.78, 5) is 4.70. The lowest BCUT2D eigenvalue weighted by Gasteiger charge is -2.31. The van der Waals surface area contributed by atoms with Gasteiger partial charge in [-0.2, -0.15) is 0 Å². The Labute approximate surface area is 131 Å². The molecule has 0 aliphatic heterocycles. The molecule has 1 aromatic heterocycles. The van der Waals surface area contributed by atoms with Gasteiger partial charge in [-0.25, -0.2) is 4.98 Å². The van der Waals surface area contributed by atoms with Crippen LogP contribution in [0.2, 0.25) is 0 Å². The van der Waals surface area contributed by atoms with Crippen molar-refractivity contribution in [3.8, 4) is 5.75 Å². The molecule has 0 aliphatic carbocycles. The van der Waals surface area contributed by atoms with Gasteiger partial charge in [0.25, 0.3) is 0 Å². The van der Waals surface area contributed by atoms with Crippen LogP contribution in [0.15, 0.2) is 29.6 Å². The number of methoxy groups -OCH3 is 1. The van der Waals surface area contributed by atoms with E-state index >= 15 is 0 Å². The second kappa shape index (κ2) is 6.58. The fourth-order valence-corrected chi connectivity index (χ4v) is 3.51. The normalized spacial score (nSPS) is 14.2. The lowest BCUT2D eigenvalue weighted by molar-refractivity contribution is 0.329. The molecule has 2 aromatic rings. The van der Waals surface area contributed by atoms with E-state index in [-0.39, 0.29) is 5.54 Å². The molecule has 1 atom stereocenters. The van der Waals surface area contributed by atoms with E-state index in [4.69, 9.17) is 9.72 Å². The van der Waals surface area contributed by atoms with Crippen LogP contribution in [0.1, 0.15) is 37.0 Å². The minimum atomic E-state index is -0.151. The summed E-state index contributed by atoms with van der Waals surface area (Å²) in [5.41, 5.74) is 2.21. The van der Waals surface area contributed by atoms with E-state index in [2.05, 4.69) is 43.6 Å². The van der Waals surface area contributed by atoms with Crippen molar-refractivity contribution in [2.24, 2.45) is 0 Å². The number of hydrogen-bond donors (Lipinski definition) is 1. The van der Waals surface area contributed by atoms with Gasteiger partial charge in [0.15, 0.2) is 0 Å². The van der Waals surface area contributed by atoms with Gasteiger partial charge in [-0.05, 0) is 51.8 Å². The molecule has 1 heterocycles. The molecule has 4 heteroatoms. The highest BCUT2D eigenvalue weighted by molar-refractivity contribution is 7.09. The van der Waals surface area contributed by atoms with Crippen molar-refractivity contribution < 1.29 is 4.74 Å². The summed E-state index contributed by atoms with van der Waals surface area (Å²) in [6.07, 6.45) is 0.905. The Morgan fingerprint density at radius 2 is 1.95 bits per heavy atom. The lowest BCUT2D eigenvalue weighted by atomic mass is 9.92. The van der Waals surface area contributed by atoms with Gasteiger partial charge in [-0.3, -0.25) is 0 Å². The summed E-state index contributed by atoms with van der Waals surface area (Å²) >= 11 is 1.73. The number of nitrogens with zero attached hydrogens (tertiary/aromatic N) is 1. The van der Waals surface area contributed by atoms with Gasteiger partial charge in [-0.1, -0.05) is 12.1 Å². The van der Waals surface area contributed by atoms with E-state index < -0.39 is 0 Å². The first-order valence-electron chi connectivity index (χ1n) is 7.26. The molecular weight excluding hydrogens is 280 g/mol. The first-order chi connectivity index (χ1) is 9.93. The van der Waals surface area contributed by atoms with Crippen LogP contribution in [0.3, 0.4) is 0 Å². The topological polar surface area (TPSA) is 34.1 Å². The molecule has 0 saturated carbocycles. The SMILES string of the molecule is COc1ccc(CC(C)(NC(C)C)c2nc(C)cs2)cc1. The summed E-state index contributed by atoms with van der Waals surface area (Å²) in [5.74, 6) is 0.891. The molecule has 114 valence electrons. The molecule has 0 saturated heterocycles. The number of aryl methyl sites for hydroxylation is 1. The average Bonchev–Trinajstić information content (AvgIpc) is 2.86. The fourth-order valence-electron chi connectivity index (χ4n) is 2.58. The van der Waals surface area contributed by atoms with Gasteiger partial charge in [0.1, 0.15) is 10.8 Å². The summed E-state index contributed by atoms with van der Waals surface area (Å²) in [6, 6.07) is 8.67. The largest absolute Gasteiger partial charge is 0.497 e. The summed E-state index contributed by atoms with van der Waals surface area (Å²) in [7, 11) is 1.69. The Kier molecular flexibility index (Phi) is 5.01. The lowest BCUT2D eigenvalue weighted by Crippen LogP contribution is -2.45. The monoisotopic (exact) mass is 304 g/mol. The van der Waals surface area contributed by atoms with Gasteiger partial charge in [0.2, 0.25) is 0 Å². The number of ether oxygens (including phenoxy) is 1. The molecule has 0 amide bonds. The Hall–Kier alpha value is -1.39. The highest BCUT2D eigenvalue weighted by atomic mass is 32.1. The maximum atomic E-state index is 5.23. The minimum absolute atomic E-state index is 0.151.